The van der Waals surface area contributed by atoms with Crippen LogP contribution in [0.15, 0.2) is 18.2 Å². The SMILES string of the molecule is CCOc1ccc2nc(N(CC3CCCO3)C(=O)C3CCN(S(C)(=O)=O)CC3)sc2c1. The van der Waals surface area contributed by atoms with E-state index in [2.05, 4.69) is 0 Å². The van der Waals surface area contributed by atoms with Crippen LogP contribution in [0.25, 0.3) is 10.2 Å². The number of rotatable bonds is 7. The van der Waals surface area contributed by atoms with Gasteiger partial charge in [0.15, 0.2) is 5.13 Å². The Morgan fingerprint density at radius 3 is 2.74 bits per heavy atom. The number of amides is 1. The van der Waals surface area contributed by atoms with Crippen molar-refractivity contribution in [3.8, 4) is 5.75 Å². The van der Waals surface area contributed by atoms with Crippen LogP contribution in [-0.4, -0.2) is 68.8 Å². The van der Waals surface area contributed by atoms with E-state index in [-0.39, 0.29) is 17.9 Å². The van der Waals surface area contributed by atoms with Gasteiger partial charge in [-0.3, -0.25) is 9.69 Å². The highest BCUT2D eigenvalue weighted by atomic mass is 32.2. The molecule has 1 unspecified atom stereocenters. The molecule has 170 valence electrons. The van der Waals surface area contributed by atoms with Crippen molar-refractivity contribution in [2.24, 2.45) is 5.92 Å². The number of hydrogen-bond acceptors (Lipinski definition) is 7. The van der Waals surface area contributed by atoms with Gasteiger partial charge in [0.25, 0.3) is 0 Å². The summed E-state index contributed by atoms with van der Waals surface area (Å²) in [4.78, 5) is 20.0. The molecule has 3 heterocycles. The predicted octanol–water partition coefficient (Wildman–Crippen LogP) is 2.88. The number of hydrogen-bond donors (Lipinski definition) is 0. The first-order valence-electron chi connectivity index (χ1n) is 10.8. The van der Waals surface area contributed by atoms with E-state index in [0.29, 0.717) is 44.2 Å². The predicted molar refractivity (Wildman–Crippen MR) is 121 cm³/mol. The van der Waals surface area contributed by atoms with Crippen molar-refractivity contribution in [1.29, 1.82) is 0 Å². The van der Waals surface area contributed by atoms with Crippen molar-refractivity contribution in [3.05, 3.63) is 18.2 Å². The van der Waals surface area contributed by atoms with E-state index >= 15 is 0 Å². The van der Waals surface area contributed by atoms with E-state index in [1.165, 1.54) is 21.9 Å². The molecule has 1 amide bonds. The molecule has 0 aliphatic carbocycles. The molecule has 2 saturated heterocycles. The molecule has 4 rings (SSSR count). The van der Waals surface area contributed by atoms with Gasteiger partial charge in [-0.15, -0.1) is 0 Å². The largest absolute Gasteiger partial charge is 0.494 e. The summed E-state index contributed by atoms with van der Waals surface area (Å²) < 4.78 is 37.5. The number of piperidine rings is 1. The van der Waals surface area contributed by atoms with Gasteiger partial charge < -0.3 is 9.47 Å². The van der Waals surface area contributed by atoms with Crippen LogP contribution < -0.4 is 9.64 Å². The molecule has 1 atom stereocenters. The topological polar surface area (TPSA) is 89.0 Å². The van der Waals surface area contributed by atoms with Gasteiger partial charge in [0, 0.05) is 25.6 Å². The van der Waals surface area contributed by atoms with Gasteiger partial charge >= 0.3 is 0 Å². The average Bonchev–Trinajstić information content (AvgIpc) is 3.40. The van der Waals surface area contributed by atoms with Crippen molar-refractivity contribution in [1.82, 2.24) is 9.29 Å². The minimum absolute atomic E-state index is 0.00561. The first-order valence-corrected chi connectivity index (χ1v) is 13.4. The second-order valence-corrected chi connectivity index (χ2v) is 11.1. The van der Waals surface area contributed by atoms with E-state index < -0.39 is 10.0 Å². The number of thiazole rings is 1. The lowest BCUT2D eigenvalue weighted by Crippen LogP contribution is -2.46. The summed E-state index contributed by atoms with van der Waals surface area (Å²) in [5.74, 6) is 0.577. The number of carbonyl (C=O) groups is 1. The van der Waals surface area contributed by atoms with Crippen LogP contribution in [0.4, 0.5) is 5.13 Å². The van der Waals surface area contributed by atoms with E-state index in [0.717, 1.165) is 35.4 Å². The van der Waals surface area contributed by atoms with E-state index in [1.807, 2.05) is 25.1 Å². The quantitative estimate of drug-likeness (QED) is 0.622. The molecule has 10 heteroatoms. The number of carbonyl (C=O) groups excluding carboxylic acids is 1. The van der Waals surface area contributed by atoms with Gasteiger partial charge in [-0.1, -0.05) is 11.3 Å². The van der Waals surface area contributed by atoms with Crippen LogP contribution in [-0.2, 0) is 19.6 Å². The van der Waals surface area contributed by atoms with Crippen LogP contribution in [0.5, 0.6) is 5.75 Å². The van der Waals surface area contributed by atoms with Crippen LogP contribution in [0, 0.1) is 5.92 Å². The lowest BCUT2D eigenvalue weighted by Gasteiger charge is -2.33. The number of sulfonamides is 1. The summed E-state index contributed by atoms with van der Waals surface area (Å²) in [5, 5.41) is 0.662. The van der Waals surface area contributed by atoms with Crippen molar-refractivity contribution in [2.75, 3.05) is 44.0 Å². The molecule has 8 nitrogen and oxygen atoms in total. The van der Waals surface area contributed by atoms with Crippen LogP contribution in [0.3, 0.4) is 0 Å². The number of aromatic nitrogens is 1. The third-order valence-corrected chi connectivity index (χ3v) is 8.18. The van der Waals surface area contributed by atoms with E-state index in [1.54, 1.807) is 4.90 Å². The zero-order valence-electron chi connectivity index (χ0n) is 18.0. The standard InChI is InChI=1S/C21H29N3O5S2/c1-3-28-16-6-7-18-19(13-16)30-21(22-18)24(14-17-5-4-12-29-17)20(25)15-8-10-23(11-9-15)31(2,26)27/h6-7,13,15,17H,3-5,8-12,14H2,1-2H3. The highest BCUT2D eigenvalue weighted by Crippen LogP contribution is 2.34. The number of nitrogens with zero attached hydrogens (tertiary/aromatic N) is 3. The third kappa shape index (κ3) is 5.19. The molecule has 0 spiro atoms. The molecule has 0 bridgehead atoms. The van der Waals surface area contributed by atoms with Gasteiger partial charge in [-0.25, -0.2) is 17.7 Å². The second kappa shape index (κ2) is 9.40. The molecule has 2 aromatic rings. The van der Waals surface area contributed by atoms with Gasteiger partial charge in [-0.05, 0) is 50.8 Å². The number of benzene rings is 1. The van der Waals surface area contributed by atoms with Gasteiger partial charge in [0.1, 0.15) is 5.75 Å². The molecule has 31 heavy (non-hydrogen) atoms. The van der Waals surface area contributed by atoms with Crippen molar-refractivity contribution in [3.63, 3.8) is 0 Å². The Morgan fingerprint density at radius 1 is 1.32 bits per heavy atom. The Morgan fingerprint density at radius 2 is 2.10 bits per heavy atom. The normalized spacial score (nSPS) is 20.9. The van der Waals surface area contributed by atoms with Gasteiger partial charge in [-0.2, -0.15) is 0 Å². The Balaban J connectivity index is 1.57. The summed E-state index contributed by atoms with van der Waals surface area (Å²) in [6.07, 6.45) is 4.19. The Hall–Kier alpha value is -1.75. The highest BCUT2D eigenvalue weighted by Gasteiger charge is 2.34. The fourth-order valence-electron chi connectivity index (χ4n) is 4.17. The first kappa shape index (κ1) is 22.4. The second-order valence-electron chi connectivity index (χ2n) is 8.08. The fourth-order valence-corrected chi connectivity index (χ4v) is 6.06. The molecule has 2 aliphatic heterocycles. The molecule has 1 aromatic carbocycles. The number of fused-ring (bicyclic) bond motifs is 1. The van der Waals surface area contributed by atoms with E-state index in [4.69, 9.17) is 14.5 Å². The van der Waals surface area contributed by atoms with Gasteiger partial charge in [0.05, 0.1) is 35.7 Å². The maximum Gasteiger partial charge on any atom is 0.232 e. The molecular weight excluding hydrogens is 438 g/mol. The summed E-state index contributed by atoms with van der Waals surface area (Å²) in [7, 11) is -3.23. The molecule has 0 radical (unpaired) electrons. The zero-order chi connectivity index (χ0) is 22.0. The Bertz CT molecular complexity index is 1020. The Kier molecular flexibility index (Phi) is 6.80. The lowest BCUT2D eigenvalue weighted by atomic mass is 9.96. The first-order chi connectivity index (χ1) is 14.8. The van der Waals surface area contributed by atoms with Crippen LogP contribution in [0.2, 0.25) is 0 Å². The fraction of sp³-hybridized carbons (Fsp3) is 0.619. The minimum atomic E-state index is -3.23. The summed E-state index contributed by atoms with van der Waals surface area (Å²) in [6.45, 7) is 4.48. The highest BCUT2D eigenvalue weighted by molar-refractivity contribution is 7.88. The monoisotopic (exact) mass is 467 g/mol. The van der Waals surface area contributed by atoms with Crippen LogP contribution in [0.1, 0.15) is 32.6 Å². The smallest absolute Gasteiger partial charge is 0.232 e. The average molecular weight is 468 g/mol. The van der Waals surface area contributed by atoms with Gasteiger partial charge in [0.2, 0.25) is 15.9 Å². The molecule has 2 fully saturated rings. The minimum Gasteiger partial charge on any atom is -0.494 e. The number of anilines is 1. The summed E-state index contributed by atoms with van der Waals surface area (Å²) >= 11 is 1.48. The van der Waals surface area contributed by atoms with Crippen LogP contribution >= 0.6 is 11.3 Å². The van der Waals surface area contributed by atoms with Crippen molar-refractivity contribution in [2.45, 2.75) is 38.7 Å². The zero-order valence-corrected chi connectivity index (χ0v) is 19.6. The maximum atomic E-state index is 13.5. The number of ether oxygens (including phenoxy) is 2. The molecular formula is C21H29N3O5S2. The maximum absolute atomic E-state index is 13.5. The van der Waals surface area contributed by atoms with E-state index in [9.17, 15) is 13.2 Å². The van der Waals surface area contributed by atoms with Crippen molar-refractivity contribution >= 4 is 42.6 Å². The Labute approximate surface area is 187 Å². The molecule has 1 aromatic heterocycles. The summed E-state index contributed by atoms with van der Waals surface area (Å²) in [6, 6.07) is 5.77. The molecule has 0 N–H and O–H groups in total. The van der Waals surface area contributed by atoms with Crippen molar-refractivity contribution < 1.29 is 22.7 Å². The lowest BCUT2D eigenvalue weighted by molar-refractivity contribution is -0.123. The summed E-state index contributed by atoms with van der Waals surface area (Å²) in [5.41, 5.74) is 0.834. The third-order valence-electron chi connectivity index (χ3n) is 5.84. The molecule has 0 saturated carbocycles. The molecule has 2 aliphatic rings.